The van der Waals surface area contributed by atoms with Crippen LogP contribution in [0.3, 0.4) is 0 Å². The third-order valence-corrected chi connectivity index (χ3v) is 2.88. The maximum atomic E-state index is 11.2. The molecule has 0 aliphatic carbocycles. The largest absolute Gasteiger partial charge is 0.396 e. The van der Waals surface area contributed by atoms with Crippen LogP contribution in [0.15, 0.2) is 11.3 Å². The molecule has 0 saturated carbocycles. The molecule has 0 rings (SSSR count). The van der Waals surface area contributed by atoms with E-state index in [1.165, 1.54) is 0 Å². The minimum absolute atomic E-state index is 0.149. The van der Waals surface area contributed by atoms with Gasteiger partial charge in [-0.15, -0.1) is 0 Å². The number of carbonyl (C=O) groups excluding carboxylic acids is 1. The molecule has 0 unspecified atom stereocenters. The zero-order chi connectivity index (χ0) is 10.5. The summed E-state index contributed by atoms with van der Waals surface area (Å²) in [6, 6.07) is 0. The molecule has 0 aromatic heterocycles. The number of hydrogen-bond donors (Lipinski definition) is 1. The number of allylic oxidation sites excluding steroid dienone is 1. The molecular formula is C10H20O2Si. The second kappa shape index (κ2) is 5.35. The monoisotopic (exact) mass is 200 g/mol. The molecular weight excluding hydrogens is 180 g/mol. The minimum atomic E-state index is -1.30. The number of aliphatic hydroxyl groups is 1. The van der Waals surface area contributed by atoms with E-state index >= 15 is 0 Å². The number of aliphatic hydroxyl groups excluding tert-OH is 1. The van der Waals surface area contributed by atoms with Crippen molar-refractivity contribution in [2.45, 2.75) is 39.4 Å². The number of rotatable bonds is 5. The molecule has 0 spiro atoms. The standard InChI is InChI=1S/C10H20O2Si/c1-9(12)10(6-5-7-11)8-13(2,3)4/h8,11H,5-7H2,1-4H3. The van der Waals surface area contributed by atoms with E-state index in [4.69, 9.17) is 5.11 Å². The van der Waals surface area contributed by atoms with Crippen molar-refractivity contribution in [1.82, 2.24) is 0 Å². The van der Waals surface area contributed by atoms with E-state index in [0.29, 0.717) is 6.42 Å². The first-order valence-electron chi connectivity index (χ1n) is 4.70. The molecule has 0 aromatic carbocycles. The molecule has 0 radical (unpaired) electrons. The third-order valence-electron chi connectivity index (χ3n) is 1.66. The lowest BCUT2D eigenvalue weighted by Crippen LogP contribution is -2.18. The van der Waals surface area contributed by atoms with Crippen molar-refractivity contribution in [3.63, 3.8) is 0 Å². The van der Waals surface area contributed by atoms with Gasteiger partial charge in [-0.1, -0.05) is 25.3 Å². The van der Waals surface area contributed by atoms with E-state index in [0.717, 1.165) is 12.0 Å². The highest BCUT2D eigenvalue weighted by atomic mass is 28.3. The molecule has 3 heteroatoms. The van der Waals surface area contributed by atoms with Crippen molar-refractivity contribution in [3.8, 4) is 0 Å². The molecule has 0 heterocycles. The molecule has 0 atom stereocenters. The molecule has 0 aromatic rings. The Kier molecular flexibility index (Phi) is 5.18. The van der Waals surface area contributed by atoms with Gasteiger partial charge in [-0.25, -0.2) is 0 Å². The Labute approximate surface area is 81.7 Å². The SMILES string of the molecule is CC(=O)C(=C[Si](C)(C)C)CCCO. The molecule has 13 heavy (non-hydrogen) atoms. The summed E-state index contributed by atoms with van der Waals surface area (Å²) in [6.45, 7) is 8.37. The van der Waals surface area contributed by atoms with E-state index < -0.39 is 8.07 Å². The zero-order valence-electron chi connectivity index (χ0n) is 9.05. The lowest BCUT2D eigenvalue weighted by Gasteiger charge is -2.12. The topological polar surface area (TPSA) is 37.3 Å². The van der Waals surface area contributed by atoms with Gasteiger partial charge in [-0.05, 0) is 25.3 Å². The maximum Gasteiger partial charge on any atom is 0.155 e. The van der Waals surface area contributed by atoms with Gasteiger partial charge in [0.25, 0.3) is 0 Å². The van der Waals surface area contributed by atoms with E-state index in [-0.39, 0.29) is 12.4 Å². The van der Waals surface area contributed by atoms with Gasteiger partial charge in [0.1, 0.15) is 0 Å². The van der Waals surface area contributed by atoms with Crippen LogP contribution in [0.25, 0.3) is 0 Å². The summed E-state index contributed by atoms with van der Waals surface area (Å²) in [5.74, 6) is 0.149. The number of carbonyl (C=O) groups is 1. The van der Waals surface area contributed by atoms with Crippen LogP contribution in [0.5, 0.6) is 0 Å². The Hall–Kier alpha value is -0.413. The van der Waals surface area contributed by atoms with Crippen LogP contribution in [-0.4, -0.2) is 25.6 Å². The van der Waals surface area contributed by atoms with Crippen molar-refractivity contribution in [1.29, 1.82) is 0 Å². The summed E-state index contributed by atoms with van der Waals surface area (Å²) in [5.41, 5.74) is 3.03. The summed E-state index contributed by atoms with van der Waals surface area (Å²) in [4.78, 5) is 11.2. The zero-order valence-corrected chi connectivity index (χ0v) is 10.1. The second-order valence-electron chi connectivity index (χ2n) is 4.42. The summed E-state index contributed by atoms with van der Waals surface area (Å²) in [6.07, 6.45) is 1.41. The van der Waals surface area contributed by atoms with Crippen LogP contribution in [0.2, 0.25) is 19.6 Å². The summed E-state index contributed by atoms with van der Waals surface area (Å²) >= 11 is 0. The van der Waals surface area contributed by atoms with Crippen LogP contribution in [0.4, 0.5) is 0 Å². The molecule has 0 aliphatic rings. The van der Waals surface area contributed by atoms with Gasteiger partial charge in [0.15, 0.2) is 5.78 Å². The van der Waals surface area contributed by atoms with E-state index in [9.17, 15) is 4.79 Å². The first-order valence-corrected chi connectivity index (χ1v) is 8.28. The van der Waals surface area contributed by atoms with Crippen LogP contribution >= 0.6 is 0 Å². The summed E-state index contributed by atoms with van der Waals surface area (Å²) in [5, 5.41) is 8.67. The Morgan fingerprint density at radius 1 is 1.38 bits per heavy atom. The average molecular weight is 200 g/mol. The van der Waals surface area contributed by atoms with Crippen molar-refractivity contribution in [2.75, 3.05) is 6.61 Å². The summed E-state index contributed by atoms with van der Waals surface area (Å²) in [7, 11) is -1.30. The van der Waals surface area contributed by atoms with E-state index in [2.05, 4.69) is 25.3 Å². The molecule has 0 aliphatic heterocycles. The average Bonchev–Trinajstić information content (AvgIpc) is 1.95. The van der Waals surface area contributed by atoms with E-state index in [1.54, 1.807) is 6.92 Å². The van der Waals surface area contributed by atoms with Crippen molar-refractivity contribution >= 4 is 13.9 Å². The van der Waals surface area contributed by atoms with Gasteiger partial charge < -0.3 is 5.11 Å². The fourth-order valence-corrected chi connectivity index (χ4v) is 2.54. The van der Waals surface area contributed by atoms with Crippen molar-refractivity contribution in [2.24, 2.45) is 0 Å². The van der Waals surface area contributed by atoms with Crippen LogP contribution in [0, 0.1) is 0 Å². The van der Waals surface area contributed by atoms with Crippen molar-refractivity contribution in [3.05, 3.63) is 11.3 Å². The smallest absolute Gasteiger partial charge is 0.155 e. The Balaban J connectivity index is 4.42. The molecule has 76 valence electrons. The molecule has 0 bridgehead atoms. The highest BCUT2D eigenvalue weighted by Gasteiger charge is 2.13. The Morgan fingerprint density at radius 2 is 1.92 bits per heavy atom. The fraction of sp³-hybridized carbons (Fsp3) is 0.700. The van der Waals surface area contributed by atoms with E-state index in [1.807, 2.05) is 0 Å². The fourth-order valence-electron chi connectivity index (χ4n) is 1.14. The van der Waals surface area contributed by atoms with Gasteiger partial charge in [-0.2, -0.15) is 0 Å². The second-order valence-corrected chi connectivity index (χ2v) is 9.44. The highest BCUT2D eigenvalue weighted by Crippen LogP contribution is 2.12. The normalized spacial score (nSPS) is 13.2. The quantitative estimate of drug-likeness (QED) is 0.545. The first kappa shape index (κ1) is 12.6. The van der Waals surface area contributed by atoms with Gasteiger partial charge in [0, 0.05) is 6.61 Å². The van der Waals surface area contributed by atoms with Crippen LogP contribution < -0.4 is 0 Å². The lowest BCUT2D eigenvalue weighted by atomic mass is 10.1. The van der Waals surface area contributed by atoms with Gasteiger partial charge in [0.05, 0.1) is 8.07 Å². The predicted octanol–water partition coefficient (Wildman–Crippen LogP) is 2.15. The van der Waals surface area contributed by atoms with Crippen molar-refractivity contribution < 1.29 is 9.90 Å². The van der Waals surface area contributed by atoms with Crippen LogP contribution in [-0.2, 0) is 4.79 Å². The molecule has 2 nitrogen and oxygen atoms in total. The highest BCUT2D eigenvalue weighted by molar-refractivity contribution is 6.81. The molecule has 0 saturated heterocycles. The Bertz CT molecular complexity index is 201. The molecule has 0 fully saturated rings. The molecule has 0 amide bonds. The number of hydrogen-bond acceptors (Lipinski definition) is 2. The van der Waals surface area contributed by atoms with Gasteiger partial charge in [0.2, 0.25) is 0 Å². The minimum Gasteiger partial charge on any atom is -0.396 e. The first-order chi connectivity index (χ1) is 5.87. The number of Topliss-reactive ketones (excluding diaryl/α,β-unsaturated/α-hetero) is 1. The lowest BCUT2D eigenvalue weighted by molar-refractivity contribution is -0.113. The Morgan fingerprint density at radius 3 is 2.23 bits per heavy atom. The van der Waals surface area contributed by atoms with Crippen LogP contribution in [0.1, 0.15) is 19.8 Å². The van der Waals surface area contributed by atoms with Gasteiger partial charge in [-0.3, -0.25) is 4.79 Å². The maximum absolute atomic E-state index is 11.2. The molecule has 1 N–H and O–H groups in total. The number of ketones is 1. The summed E-state index contributed by atoms with van der Waals surface area (Å²) < 4.78 is 0. The predicted molar refractivity (Wildman–Crippen MR) is 58.4 cm³/mol. The van der Waals surface area contributed by atoms with Gasteiger partial charge >= 0.3 is 0 Å². The third kappa shape index (κ3) is 6.72.